The average Bonchev–Trinajstić information content (AvgIpc) is 1.85. The van der Waals surface area contributed by atoms with Crippen molar-refractivity contribution in [3.63, 3.8) is 0 Å². The van der Waals surface area contributed by atoms with Gasteiger partial charge in [0.25, 0.3) is 0 Å². The van der Waals surface area contributed by atoms with E-state index < -0.39 is 12.0 Å². The van der Waals surface area contributed by atoms with Gasteiger partial charge in [0.05, 0.1) is 0 Å². The topological polar surface area (TPSA) is 57.6 Å². The van der Waals surface area contributed by atoms with Gasteiger partial charge in [0.15, 0.2) is 0 Å². The molecule has 0 radical (unpaired) electrons. The SMILES string of the molecule is CC(C)[C@@H](C(=O)O)N(C)CB=O. The second-order valence-electron chi connectivity index (χ2n) is 3.13. The molecule has 0 rings (SSSR count). The number of likely N-dealkylation sites (N-methyl/N-ethyl adjacent to an activating group) is 1. The van der Waals surface area contributed by atoms with Crippen LogP contribution in [0.4, 0.5) is 0 Å². The van der Waals surface area contributed by atoms with Crippen LogP contribution in [0.5, 0.6) is 0 Å². The van der Waals surface area contributed by atoms with Crippen molar-refractivity contribution < 1.29 is 14.6 Å². The minimum atomic E-state index is -0.880. The molecule has 12 heavy (non-hydrogen) atoms. The summed E-state index contributed by atoms with van der Waals surface area (Å²) in [5.41, 5.74) is 0. The molecule has 0 unspecified atom stereocenters. The van der Waals surface area contributed by atoms with Crippen LogP contribution in [0.2, 0.25) is 0 Å². The summed E-state index contributed by atoms with van der Waals surface area (Å²) in [6.45, 7) is 3.64. The first kappa shape index (κ1) is 11.3. The zero-order valence-corrected chi connectivity index (χ0v) is 7.65. The van der Waals surface area contributed by atoms with Crippen LogP contribution in [0, 0.1) is 5.92 Å². The summed E-state index contributed by atoms with van der Waals surface area (Å²) in [7, 11) is 2.34. The molecule has 0 aromatic rings. The van der Waals surface area contributed by atoms with Crippen LogP contribution in [0.15, 0.2) is 0 Å². The van der Waals surface area contributed by atoms with E-state index in [2.05, 4.69) is 0 Å². The van der Waals surface area contributed by atoms with Crippen LogP contribution < -0.4 is 0 Å². The van der Waals surface area contributed by atoms with Crippen molar-refractivity contribution >= 4 is 13.1 Å². The van der Waals surface area contributed by atoms with Crippen LogP contribution in [-0.4, -0.2) is 42.7 Å². The van der Waals surface area contributed by atoms with Crippen LogP contribution >= 0.6 is 0 Å². The van der Waals surface area contributed by atoms with Crippen LogP contribution in [-0.2, 0) is 9.50 Å². The van der Waals surface area contributed by atoms with Gasteiger partial charge in [-0.25, -0.2) is 0 Å². The molecular formula is C7H14BNO3. The van der Waals surface area contributed by atoms with Gasteiger partial charge < -0.3 is 0 Å². The Labute approximate surface area is 72.8 Å². The van der Waals surface area contributed by atoms with Gasteiger partial charge in [-0.15, -0.1) is 0 Å². The number of hydrogen-bond donors (Lipinski definition) is 1. The van der Waals surface area contributed by atoms with E-state index in [1.165, 1.54) is 4.90 Å². The fraction of sp³-hybridized carbons (Fsp3) is 0.857. The predicted molar refractivity (Wildman–Crippen MR) is 45.3 cm³/mol. The Hall–Kier alpha value is -0.705. The van der Waals surface area contributed by atoms with Gasteiger partial charge in [0.2, 0.25) is 0 Å². The van der Waals surface area contributed by atoms with Crippen molar-refractivity contribution in [2.24, 2.45) is 5.92 Å². The molecule has 0 aliphatic rings. The Balaban J connectivity index is 4.28. The summed E-state index contributed by atoms with van der Waals surface area (Å²) in [6.07, 6.45) is 0.162. The number of nitrogens with zero attached hydrogens (tertiary/aromatic N) is 1. The molecule has 1 atom stereocenters. The Morgan fingerprint density at radius 3 is 2.33 bits per heavy atom. The van der Waals surface area contributed by atoms with Crippen molar-refractivity contribution in [2.45, 2.75) is 19.9 Å². The molecule has 0 fully saturated rings. The molecule has 0 saturated carbocycles. The molecule has 0 spiro atoms. The van der Waals surface area contributed by atoms with Gasteiger partial charge in [-0.1, -0.05) is 0 Å². The molecule has 0 aliphatic carbocycles. The predicted octanol–water partition coefficient (Wildman–Crippen LogP) is 0.0346. The first-order valence-electron chi connectivity index (χ1n) is 3.87. The van der Waals surface area contributed by atoms with Gasteiger partial charge >= 0.3 is 71.9 Å². The second-order valence-corrected chi connectivity index (χ2v) is 3.13. The quantitative estimate of drug-likeness (QED) is 0.593. The molecule has 4 nitrogen and oxygen atoms in total. The van der Waals surface area contributed by atoms with E-state index in [0.29, 0.717) is 7.15 Å². The number of carboxylic acid groups (broad SMARTS) is 1. The Kier molecular flexibility index (Phi) is 4.74. The maximum absolute atomic E-state index is 10.7. The van der Waals surface area contributed by atoms with Crippen LogP contribution in [0.1, 0.15) is 13.8 Å². The van der Waals surface area contributed by atoms with E-state index in [0.717, 1.165) is 0 Å². The van der Waals surface area contributed by atoms with E-state index in [-0.39, 0.29) is 12.4 Å². The molecule has 68 valence electrons. The molecule has 0 aliphatic heterocycles. The van der Waals surface area contributed by atoms with Crippen molar-refractivity contribution in [3.8, 4) is 0 Å². The first-order chi connectivity index (χ1) is 5.50. The maximum atomic E-state index is 10.7. The molecular weight excluding hydrogens is 157 g/mol. The summed E-state index contributed by atoms with van der Waals surface area (Å²) in [6, 6.07) is -0.574. The second kappa shape index (κ2) is 5.03. The number of hydrogen-bond acceptors (Lipinski definition) is 3. The fourth-order valence-electron chi connectivity index (χ4n) is 1.21. The normalized spacial score (nSPS) is 13.1. The van der Waals surface area contributed by atoms with E-state index >= 15 is 0 Å². The fourth-order valence-corrected chi connectivity index (χ4v) is 1.21. The van der Waals surface area contributed by atoms with Crippen LogP contribution in [0.3, 0.4) is 0 Å². The van der Waals surface area contributed by atoms with Crippen molar-refractivity contribution in [1.29, 1.82) is 0 Å². The van der Waals surface area contributed by atoms with Crippen molar-refractivity contribution in [3.05, 3.63) is 0 Å². The Morgan fingerprint density at radius 2 is 2.08 bits per heavy atom. The van der Waals surface area contributed by atoms with Gasteiger partial charge in [0.1, 0.15) is 0 Å². The summed E-state index contributed by atoms with van der Waals surface area (Å²) in [5.74, 6) is -0.873. The standard InChI is InChI=1S/C7H14BNO3/c1-5(2)6(7(10)11)9(3)4-8-12/h5-6H,4H2,1-3H3,(H,10,11)/t6-/m0/s1. The third-order valence-corrected chi connectivity index (χ3v) is 1.72. The van der Waals surface area contributed by atoms with Gasteiger partial charge in [-0.05, 0) is 0 Å². The zero-order valence-electron chi connectivity index (χ0n) is 7.65. The zero-order chi connectivity index (χ0) is 9.72. The third kappa shape index (κ3) is 3.13. The molecule has 0 bridgehead atoms. The molecule has 5 heteroatoms. The number of carbonyl (C=O) groups is 1. The van der Waals surface area contributed by atoms with E-state index in [9.17, 15) is 9.50 Å². The Morgan fingerprint density at radius 1 is 1.58 bits per heavy atom. The summed E-state index contributed by atoms with van der Waals surface area (Å²) >= 11 is 0. The van der Waals surface area contributed by atoms with E-state index in [1.807, 2.05) is 13.8 Å². The molecule has 0 aromatic heterocycles. The molecule has 1 N–H and O–H groups in total. The van der Waals surface area contributed by atoms with Gasteiger partial charge in [0, 0.05) is 0 Å². The van der Waals surface area contributed by atoms with Gasteiger partial charge in [-0.3, -0.25) is 0 Å². The Bertz CT molecular complexity index is 172. The first-order valence-corrected chi connectivity index (χ1v) is 3.87. The molecule has 0 heterocycles. The number of carboxylic acids is 1. The number of rotatable bonds is 5. The molecule has 0 saturated heterocycles. The average molecular weight is 171 g/mol. The molecule has 0 amide bonds. The third-order valence-electron chi connectivity index (χ3n) is 1.72. The van der Waals surface area contributed by atoms with Gasteiger partial charge in [-0.2, -0.15) is 0 Å². The van der Waals surface area contributed by atoms with Crippen molar-refractivity contribution in [1.82, 2.24) is 4.90 Å². The van der Waals surface area contributed by atoms with Crippen molar-refractivity contribution in [2.75, 3.05) is 13.5 Å². The number of aliphatic carboxylic acids is 1. The summed E-state index contributed by atoms with van der Waals surface area (Å²) < 4.78 is 10.1. The molecule has 0 aromatic carbocycles. The monoisotopic (exact) mass is 171 g/mol. The summed E-state index contributed by atoms with van der Waals surface area (Å²) in [4.78, 5) is 12.2. The van der Waals surface area contributed by atoms with E-state index in [1.54, 1.807) is 7.05 Å². The van der Waals surface area contributed by atoms with E-state index in [4.69, 9.17) is 5.11 Å². The van der Waals surface area contributed by atoms with Crippen LogP contribution in [0.25, 0.3) is 0 Å². The summed E-state index contributed by atoms with van der Waals surface area (Å²) in [5, 5.41) is 8.78. The minimum absolute atomic E-state index is 0.00690.